The fraction of sp³-hybridized carbons (Fsp3) is 0.190. The number of hydrogen-bond acceptors (Lipinski definition) is 4. The minimum atomic E-state index is -0.153. The van der Waals surface area contributed by atoms with Gasteiger partial charge in [-0.1, -0.05) is 36.4 Å². The third-order valence-electron chi connectivity index (χ3n) is 4.73. The summed E-state index contributed by atoms with van der Waals surface area (Å²) < 4.78 is 0. The molecule has 0 saturated heterocycles. The van der Waals surface area contributed by atoms with Gasteiger partial charge in [0.25, 0.3) is 5.91 Å². The molecule has 1 aromatic heterocycles. The normalized spacial score (nSPS) is 15.6. The van der Waals surface area contributed by atoms with E-state index in [1.807, 2.05) is 42.5 Å². The molecule has 5 nitrogen and oxygen atoms in total. The van der Waals surface area contributed by atoms with Crippen molar-refractivity contribution in [3.63, 3.8) is 0 Å². The van der Waals surface area contributed by atoms with Crippen LogP contribution in [0, 0.1) is 0 Å². The second-order valence-electron chi connectivity index (χ2n) is 6.49. The number of carbonyl (C=O) groups excluding carboxylic acids is 1. The van der Waals surface area contributed by atoms with Gasteiger partial charge >= 0.3 is 0 Å². The van der Waals surface area contributed by atoms with E-state index in [0.29, 0.717) is 11.6 Å². The molecule has 0 aliphatic carbocycles. The minimum Gasteiger partial charge on any atom is -0.310 e. The molecule has 1 aliphatic heterocycles. The second kappa shape index (κ2) is 6.59. The highest BCUT2D eigenvalue weighted by atomic mass is 16.2. The highest BCUT2D eigenvalue weighted by molar-refractivity contribution is 6.04. The topological polar surface area (TPSA) is 49.3 Å². The van der Waals surface area contributed by atoms with Crippen molar-refractivity contribution in [2.24, 2.45) is 0 Å². The van der Waals surface area contributed by atoms with Gasteiger partial charge in [-0.15, -0.1) is 0 Å². The second-order valence-corrected chi connectivity index (χ2v) is 6.49. The van der Waals surface area contributed by atoms with E-state index in [-0.39, 0.29) is 11.9 Å². The Kier molecular flexibility index (Phi) is 4.13. The van der Waals surface area contributed by atoms with Gasteiger partial charge in [0, 0.05) is 30.7 Å². The molecular weight excluding hydrogens is 324 g/mol. The van der Waals surface area contributed by atoms with E-state index in [1.165, 1.54) is 5.56 Å². The molecule has 4 rings (SSSR count). The van der Waals surface area contributed by atoms with Gasteiger partial charge in [0.15, 0.2) is 0 Å². The Morgan fingerprint density at radius 3 is 2.62 bits per heavy atom. The Balaban J connectivity index is 1.66. The molecule has 0 radical (unpaired) electrons. The highest BCUT2D eigenvalue weighted by Crippen LogP contribution is 2.36. The van der Waals surface area contributed by atoms with E-state index < -0.39 is 0 Å². The number of para-hydroxylation sites is 2. The molecule has 0 bridgehead atoms. The Hall–Kier alpha value is -3.21. The van der Waals surface area contributed by atoms with Crippen molar-refractivity contribution >= 4 is 23.2 Å². The van der Waals surface area contributed by atoms with Gasteiger partial charge in [-0.3, -0.25) is 4.79 Å². The van der Waals surface area contributed by atoms with Crippen LogP contribution in [-0.2, 0) is 6.42 Å². The number of anilines is 3. The maximum Gasteiger partial charge on any atom is 0.276 e. The molecule has 0 saturated carbocycles. The van der Waals surface area contributed by atoms with E-state index in [1.54, 1.807) is 24.2 Å². The number of nitrogens with zero attached hydrogens (tertiary/aromatic N) is 4. The van der Waals surface area contributed by atoms with Gasteiger partial charge in [0.05, 0.1) is 0 Å². The summed E-state index contributed by atoms with van der Waals surface area (Å²) in [7, 11) is 1.76. The van der Waals surface area contributed by atoms with Crippen molar-refractivity contribution in [1.82, 2.24) is 9.97 Å². The number of aromatic nitrogens is 2. The smallest absolute Gasteiger partial charge is 0.276 e. The quantitative estimate of drug-likeness (QED) is 0.724. The first-order valence-corrected chi connectivity index (χ1v) is 8.68. The van der Waals surface area contributed by atoms with Gasteiger partial charge in [0.2, 0.25) is 5.95 Å². The van der Waals surface area contributed by atoms with Crippen LogP contribution >= 0.6 is 0 Å². The van der Waals surface area contributed by atoms with Crippen molar-refractivity contribution in [2.75, 3.05) is 16.8 Å². The number of hydrogen-bond donors (Lipinski definition) is 0. The predicted molar refractivity (Wildman–Crippen MR) is 103 cm³/mol. The number of fused-ring (bicyclic) bond motifs is 1. The Morgan fingerprint density at radius 1 is 1.08 bits per heavy atom. The first-order valence-electron chi connectivity index (χ1n) is 8.68. The molecule has 5 heteroatoms. The molecule has 130 valence electrons. The largest absolute Gasteiger partial charge is 0.310 e. The van der Waals surface area contributed by atoms with E-state index in [4.69, 9.17) is 0 Å². The van der Waals surface area contributed by atoms with Crippen molar-refractivity contribution in [3.05, 3.63) is 78.1 Å². The summed E-state index contributed by atoms with van der Waals surface area (Å²) in [4.78, 5) is 25.6. The number of amides is 1. The SMILES string of the molecule is CC1Cc2ccccc2N1c1nccc(C(=O)N(C)c2ccccc2)n1. The summed E-state index contributed by atoms with van der Waals surface area (Å²) in [5.41, 5.74) is 3.61. The monoisotopic (exact) mass is 344 g/mol. The summed E-state index contributed by atoms with van der Waals surface area (Å²) in [5.74, 6) is 0.412. The zero-order chi connectivity index (χ0) is 18.1. The molecule has 1 atom stereocenters. The van der Waals surface area contributed by atoms with Crippen LogP contribution < -0.4 is 9.80 Å². The Morgan fingerprint density at radius 2 is 1.81 bits per heavy atom. The first-order chi connectivity index (χ1) is 12.6. The van der Waals surface area contributed by atoms with Crippen LogP contribution in [0.2, 0.25) is 0 Å². The van der Waals surface area contributed by atoms with Gasteiger partial charge in [-0.2, -0.15) is 0 Å². The standard InChI is InChI=1S/C21H20N4O/c1-15-14-16-8-6-7-11-19(16)25(15)21-22-13-12-18(23-21)20(26)24(2)17-9-4-3-5-10-17/h3-13,15H,14H2,1-2H3. The van der Waals surface area contributed by atoms with Crippen molar-refractivity contribution < 1.29 is 4.79 Å². The molecule has 1 amide bonds. The fourth-order valence-electron chi connectivity index (χ4n) is 3.39. The zero-order valence-electron chi connectivity index (χ0n) is 14.8. The third kappa shape index (κ3) is 2.81. The summed E-state index contributed by atoms with van der Waals surface area (Å²) in [5, 5.41) is 0. The van der Waals surface area contributed by atoms with E-state index in [0.717, 1.165) is 17.8 Å². The third-order valence-corrected chi connectivity index (χ3v) is 4.73. The highest BCUT2D eigenvalue weighted by Gasteiger charge is 2.29. The summed E-state index contributed by atoms with van der Waals surface area (Å²) in [6.07, 6.45) is 2.60. The number of carbonyl (C=O) groups is 1. The van der Waals surface area contributed by atoms with Gasteiger partial charge < -0.3 is 9.80 Å². The summed E-state index contributed by atoms with van der Waals surface area (Å²) >= 11 is 0. The molecule has 0 spiro atoms. The Labute approximate surface area is 152 Å². The lowest BCUT2D eigenvalue weighted by molar-refractivity contribution is 0.0988. The molecule has 1 aliphatic rings. The molecule has 2 heterocycles. The van der Waals surface area contributed by atoms with Crippen molar-refractivity contribution in [2.45, 2.75) is 19.4 Å². The zero-order valence-corrected chi connectivity index (χ0v) is 14.8. The fourth-order valence-corrected chi connectivity index (χ4v) is 3.39. The van der Waals surface area contributed by atoms with Gasteiger partial charge in [-0.25, -0.2) is 9.97 Å². The molecule has 0 fully saturated rings. The Bertz CT molecular complexity index is 942. The number of benzene rings is 2. The molecule has 26 heavy (non-hydrogen) atoms. The van der Waals surface area contributed by atoms with Crippen LogP contribution in [0.15, 0.2) is 66.9 Å². The number of rotatable bonds is 3. The van der Waals surface area contributed by atoms with Crippen molar-refractivity contribution in [3.8, 4) is 0 Å². The van der Waals surface area contributed by atoms with Crippen LogP contribution in [0.5, 0.6) is 0 Å². The first kappa shape index (κ1) is 16.3. The van der Waals surface area contributed by atoms with Crippen molar-refractivity contribution in [1.29, 1.82) is 0 Å². The van der Waals surface area contributed by atoms with Crippen LogP contribution in [0.1, 0.15) is 23.0 Å². The molecule has 1 unspecified atom stereocenters. The van der Waals surface area contributed by atoms with E-state index >= 15 is 0 Å². The average molecular weight is 344 g/mol. The lowest BCUT2D eigenvalue weighted by atomic mass is 10.1. The lowest BCUT2D eigenvalue weighted by Gasteiger charge is -2.23. The van der Waals surface area contributed by atoms with Gasteiger partial charge in [-0.05, 0) is 43.2 Å². The predicted octanol–water partition coefficient (Wildman–Crippen LogP) is 3.84. The minimum absolute atomic E-state index is 0.153. The summed E-state index contributed by atoms with van der Waals surface area (Å²) in [6, 6.07) is 19.7. The van der Waals surface area contributed by atoms with E-state index in [2.05, 4.69) is 33.9 Å². The molecular formula is C21H20N4O. The van der Waals surface area contributed by atoms with E-state index in [9.17, 15) is 4.79 Å². The van der Waals surface area contributed by atoms with Gasteiger partial charge in [0.1, 0.15) is 5.69 Å². The van der Waals surface area contributed by atoms with Crippen LogP contribution in [0.3, 0.4) is 0 Å². The maximum absolute atomic E-state index is 12.9. The van der Waals surface area contributed by atoms with Crippen LogP contribution in [0.4, 0.5) is 17.3 Å². The van der Waals surface area contributed by atoms with Crippen LogP contribution in [0.25, 0.3) is 0 Å². The molecule has 3 aromatic rings. The lowest BCUT2D eigenvalue weighted by Crippen LogP contribution is -2.29. The molecule has 0 N–H and O–H groups in total. The summed E-state index contributed by atoms with van der Waals surface area (Å²) in [6.45, 7) is 2.15. The maximum atomic E-state index is 12.9. The van der Waals surface area contributed by atoms with Crippen LogP contribution in [-0.4, -0.2) is 29.0 Å². The average Bonchev–Trinajstić information content (AvgIpc) is 3.03. The molecule has 2 aromatic carbocycles.